The Balaban J connectivity index is 1.56. The van der Waals surface area contributed by atoms with Gasteiger partial charge in [-0.05, 0) is 30.9 Å². The van der Waals surface area contributed by atoms with Crippen molar-refractivity contribution in [1.82, 2.24) is 4.90 Å². The number of aliphatic hydroxyl groups excluding tert-OH is 1. The molecule has 1 aromatic carbocycles. The number of hydrogen-bond acceptors (Lipinski definition) is 7. The molecule has 1 aromatic rings. The number of carbonyl (C=O) groups excluding carboxylic acids is 1. The number of piperidine rings is 1. The zero-order chi connectivity index (χ0) is 18.8. The summed E-state index contributed by atoms with van der Waals surface area (Å²) in [5.41, 5.74) is -1.63. The Labute approximate surface area is 161 Å². The normalized spacial score (nSPS) is 60.2. The lowest BCUT2D eigenvalue weighted by atomic mass is 9.39. The van der Waals surface area contributed by atoms with Gasteiger partial charge in [0.2, 0.25) is 0 Å². The first-order valence-electron chi connectivity index (χ1n) is 10.3. The number of benzene rings is 1. The second kappa shape index (κ2) is 3.86. The van der Waals surface area contributed by atoms with E-state index in [2.05, 4.69) is 16.3 Å². The summed E-state index contributed by atoms with van der Waals surface area (Å²) in [6.45, 7) is 0.726. The summed E-state index contributed by atoms with van der Waals surface area (Å²) >= 11 is 0. The van der Waals surface area contributed by atoms with Crippen LogP contribution in [0, 0.1) is 11.3 Å². The van der Waals surface area contributed by atoms with Gasteiger partial charge in [0.15, 0.2) is 11.4 Å². The molecule has 7 heteroatoms. The molecule has 0 aromatic heterocycles. The second-order valence-corrected chi connectivity index (χ2v) is 9.85. The van der Waals surface area contributed by atoms with Gasteiger partial charge in [-0.3, -0.25) is 9.69 Å². The van der Waals surface area contributed by atoms with Gasteiger partial charge < -0.3 is 25.0 Å². The highest BCUT2D eigenvalue weighted by atomic mass is 16.5. The molecular formula is C21H22N2O5. The molecule has 0 radical (unpaired) electrons. The third-order valence-electron chi connectivity index (χ3n) is 9.78. The van der Waals surface area contributed by atoms with E-state index >= 15 is 0 Å². The fourth-order valence-corrected chi connectivity index (χ4v) is 9.32. The van der Waals surface area contributed by atoms with Gasteiger partial charge in [-0.25, -0.2) is 0 Å². The minimum atomic E-state index is -1.61. The number of ether oxygens (including phenoxy) is 2. The lowest BCUT2D eigenvalue weighted by Gasteiger charge is -2.74. The highest BCUT2D eigenvalue weighted by Crippen LogP contribution is 2.84. The number of hydrogen-bond donors (Lipinski definition) is 3. The van der Waals surface area contributed by atoms with Crippen molar-refractivity contribution >= 4 is 11.5 Å². The smallest absolute Gasteiger partial charge is 0.177 e. The van der Waals surface area contributed by atoms with Crippen molar-refractivity contribution in [3.05, 3.63) is 23.8 Å². The number of nitrogens with zero attached hydrogens (tertiary/aromatic N) is 1. The Morgan fingerprint density at radius 1 is 1.36 bits per heavy atom. The molecule has 9 bridgehead atoms. The van der Waals surface area contributed by atoms with Crippen molar-refractivity contribution < 1.29 is 24.5 Å². The predicted octanol–water partition coefficient (Wildman–Crippen LogP) is -0.00520. The molecular weight excluding hydrogens is 360 g/mol. The van der Waals surface area contributed by atoms with E-state index in [-0.39, 0.29) is 18.1 Å². The summed E-state index contributed by atoms with van der Waals surface area (Å²) in [5, 5.41) is 27.0. The minimum absolute atomic E-state index is 0.00108. The molecule has 5 heterocycles. The molecule has 10 atom stereocenters. The van der Waals surface area contributed by atoms with E-state index in [1.165, 1.54) is 0 Å². The van der Waals surface area contributed by atoms with Crippen LogP contribution >= 0.6 is 0 Å². The van der Waals surface area contributed by atoms with Gasteiger partial charge in [0.05, 0.1) is 35.8 Å². The minimum Gasteiger partial charge on any atom is -0.495 e. The van der Waals surface area contributed by atoms with Crippen LogP contribution in [0.4, 0.5) is 5.69 Å². The largest absolute Gasteiger partial charge is 0.495 e. The zero-order valence-electron chi connectivity index (χ0n) is 15.5. The Morgan fingerprint density at radius 2 is 2.21 bits per heavy atom. The van der Waals surface area contributed by atoms with Gasteiger partial charge in [-0.2, -0.15) is 0 Å². The molecule has 4 aliphatic carbocycles. The third-order valence-corrected chi connectivity index (χ3v) is 9.78. The van der Waals surface area contributed by atoms with Crippen LogP contribution in [0.5, 0.6) is 5.75 Å². The van der Waals surface area contributed by atoms with E-state index in [9.17, 15) is 15.0 Å². The van der Waals surface area contributed by atoms with E-state index in [4.69, 9.17) is 9.47 Å². The average Bonchev–Trinajstić information content (AvgIpc) is 3.18. The number of fused-ring (bicyclic) bond motifs is 2. The van der Waals surface area contributed by atoms with Gasteiger partial charge in [-0.15, -0.1) is 0 Å². The maximum atomic E-state index is 13.8. The number of rotatable bonds is 1. The van der Waals surface area contributed by atoms with Crippen LogP contribution in [0.2, 0.25) is 0 Å². The molecule has 3 spiro atoms. The summed E-state index contributed by atoms with van der Waals surface area (Å²) < 4.78 is 12.1. The molecule has 9 aliphatic rings. The molecule has 1 unspecified atom stereocenters. The van der Waals surface area contributed by atoms with E-state index in [1.54, 1.807) is 7.11 Å². The van der Waals surface area contributed by atoms with Crippen LogP contribution in [0.1, 0.15) is 24.8 Å². The van der Waals surface area contributed by atoms with Gasteiger partial charge in [0.25, 0.3) is 0 Å². The number of methoxy groups -OCH3 is 1. The maximum absolute atomic E-state index is 13.8. The summed E-state index contributed by atoms with van der Waals surface area (Å²) in [4.78, 5) is 16.1. The van der Waals surface area contributed by atoms with Gasteiger partial charge in [0, 0.05) is 18.0 Å². The fraction of sp³-hybridized carbons (Fsp3) is 0.667. The zero-order valence-corrected chi connectivity index (χ0v) is 15.5. The number of ketones is 1. The number of Topliss-reactive ketones (excluding diaryl/α,β-unsaturated/α-hetero) is 1. The van der Waals surface area contributed by atoms with Crippen LogP contribution in [-0.4, -0.2) is 70.2 Å². The average molecular weight is 382 g/mol. The van der Waals surface area contributed by atoms with E-state index in [1.807, 2.05) is 12.1 Å². The first-order chi connectivity index (χ1) is 13.5. The van der Waals surface area contributed by atoms with E-state index in [0.717, 1.165) is 30.0 Å². The molecule has 8 fully saturated rings. The first-order valence-corrected chi connectivity index (χ1v) is 10.3. The Hall–Kier alpha value is -1.67. The highest BCUT2D eigenvalue weighted by Gasteiger charge is 2.99. The fourth-order valence-electron chi connectivity index (χ4n) is 9.32. The SMILES string of the molecule is COc1cccc2c1N[C@]13CC[C@]45[C@H]6O[C@@H]7[C@H](C(=O)[C@]61O)[C@]23[C@H]4N7CC[C@@H]5O. The molecule has 4 saturated carbocycles. The summed E-state index contributed by atoms with van der Waals surface area (Å²) in [7, 11) is 1.65. The van der Waals surface area contributed by atoms with Gasteiger partial charge >= 0.3 is 0 Å². The number of carbonyl (C=O) groups is 1. The number of nitrogens with one attached hydrogen (secondary N) is 1. The lowest BCUT2D eigenvalue weighted by Crippen LogP contribution is -2.90. The van der Waals surface area contributed by atoms with E-state index in [0.29, 0.717) is 12.8 Å². The van der Waals surface area contributed by atoms with Crippen molar-refractivity contribution in [3.8, 4) is 5.75 Å². The number of anilines is 1. The molecule has 5 aliphatic heterocycles. The van der Waals surface area contributed by atoms with Crippen molar-refractivity contribution in [2.45, 2.75) is 60.3 Å². The van der Waals surface area contributed by atoms with Crippen LogP contribution < -0.4 is 10.1 Å². The van der Waals surface area contributed by atoms with E-state index < -0.39 is 40.1 Å². The van der Waals surface area contributed by atoms with Gasteiger partial charge in [-0.1, -0.05) is 12.1 Å². The number of aliphatic hydroxyl groups is 2. The number of para-hydroxylation sites is 1. The first kappa shape index (κ1) is 15.2. The molecule has 28 heavy (non-hydrogen) atoms. The van der Waals surface area contributed by atoms with Crippen LogP contribution in [-0.2, 0) is 14.9 Å². The van der Waals surface area contributed by atoms with Crippen molar-refractivity contribution in [2.75, 3.05) is 19.0 Å². The molecule has 10 rings (SSSR count). The lowest BCUT2D eigenvalue weighted by molar-refractivity contribution is -0.348. The topological polar surface area (TPSA) is 91.3 Å². The molecule has 0 amide bonds. The van der Waals surface area contributed by atoms with Crippen molar-refractivity contribution in [3.63, 3.8) is 0 Å². The van der Waals surface area contributed by atoms with Crippen molar-refractivity contribution in [1.29, 1.82) is 0 Å². The Morgan fingerprint density at radius 3 is 3.04 bits per heavy atom. The van der Waals surface area contributed by atoms with Crippen molar-refractivity contribution in [2.24, 2.45) is 11.3 Å². The highest BCUT2D eigenvalue weighted by molar-refractivity contribution is 6.04. The Kier molecular flexibility index (Phi) is 2.10. The summed E-state index contributed by atoms with van der Waals surface area (Å²) in [6.07, 6.45) is 0.550. The summed E-state index contributed by atoms with van der Waals surface area (Å²) in [5.74, 6) is 0.248. The standard InChI is InChI=1S/C21H22N2O5/c1-27-10-4-2-3-9-13(10)22-19-7-6-18-11(24)5-8-23-15-12(20(9,19)16(18)23)14(25)21(19,26)17(18)28-15/h2-4,11-12,15-17,22,24,26H,5-8H2,1H3/t11-,12-,15+,16-,17+,18+,19-,20-,21-/m0/s1. The van der Waals surface area contributed by atoms with Crippen LogP contribution in [0.3, 0.4) is 0 Å². The second-order valence-electron chi connectivity index (χ2n) is 9.85. The monoisotopic (exact) mass is 382 g/mol. The molecule has 7 nitrogen and oxygen atoms in total. The molecule has 4 saturated heterocycles. The Bertz CT molecular complexity index is 1010. The third kappa shape index (κ3) is 0.962. The van der Waals surface area contributed by atoms with Crippen LogP contribution in [0.15, 0.2) is 18.2 Å². The van der Waals surface area contributed by atoms with Gasteiger partial charge in [0.1, 0.15) is 18.1 Å². The van der Waals surface area contributed by atoms with Crippen LogP contribution in [0.25, 0.3) is 0 Å². The molecule has 3 N–H and O–H groups in total. The predicted molar refractivity (Wildman–Crippen MR) is 95.9 cm³/mol. The summed E-state index contributed by atoms with van der Waals surface area (Å²) in [6, 6.07) is 5.98. The molecule has 146 valence electrons. The maximum Gasteiger partial charge on any atom is 0.177 e. The quantitative estimate of drug-likeness (QED) is 0.630.